The molecule has 1 unspecified atom stereocenters. The van der Waals surface area contributed by atoms with E-state index in [1.165, 1.54) is 11.6 Å². The van der Waals surface area contributed by atoms with Gasteiger partial charge in [-0.15, -0.1) is 0 Å². The molecule has 122 valence electrons. The molecule has 1 aliphatic heterocycles. The molecule has 23 heavy (non-hydrogen) atoms. The largest absolute Gasteiger partial charge is 0.385 e. The summed E-state index contributed by atoms with van der Waals surface area (Å²) in [5.74, 6) is -0.200. The average molecular weight is 332 g/mol. The summed E-state index contributed by atoms with van der Waals surface area (Å²) in [6.45, 7) is 1.57. The first-order chi connectivity index (χ1) is 11.2. The number of para-hydroxylation sites is 1. The van der Waals surface area contributed by atoms with E-state index in [-0.39, 0.29) is 11.9 Å². The van der Waals surface area contributed by atoms with Gasteiger partial charge in [-0.25, -0.2) is 4.39 Å². The Kier molecular flexibility index (Phi) is 5.20. The molecule has 3 nitrogen and oxygen atoms in total. The fourth-order valence-electron chi connectivity index (χ4n) is 2.89. The standard InChI is InChI=1S/C18H21FN2OS/c1-21-16-7-4-3-6-14(16)18(20-10-5-11-22-2)15-9-8-13(19)12-17(15)23-21/h3-4,6-9,12,18,20H,5,10-11H2,1-2H3. The number of fused-ring (bicyclic) bond motifs is 2. The molecule has 0 amide bonds. The summed E-state index contributed by atoms with van der Waals surface area (Å²) in [5, 5.41) is 3.61. The van der Waals surface area contributed by atoms with E-state index in [0.717, 1.165) is 35.7 Å². The van der Waals surface area contributed by atoms with Gasteiger partial charge < -0.3 is 14.4 Å². The molecule has 0 aliphatic carbocycles. The lowest BCUT2D eigenvalue weighted by Crippen LogP contribution is -2.25. The van der Waals surface area contributed by atoms with Crippen LogP contribution in [0.25, 0.3) is 0 Å². The zero-order chi connectivity index (χ0) is 16.2. The molecule has 2 aromatic carbocycles. The molecule has 1 aliphatic rings. The third-order valence-corrected chi connectivity index (χ3v) is 5.00. The maximum Gasteiger partial charge on any atom is 0.124 e. The molecule has 0 fully saturated rings. The van der Waals surface area contributed by atoms with Gasteiger partial charge >= 0.3 is 0 Å². The number of rotatable bonds is 5. The van der Waals surface area contributed by atoms with Gasteiger partial charge in [0.05, 0.1) is 11.7 Å². The number of hydrogen-bond donors (Lipinski definition) is 1. The Morgan fingerprint density at radius 3 is 2.87 bits per heavy atom. The number of nitrogens with one attached hydrogen (secondary N) is 1. The molecule has 0 saturated carbocycles. The minimum Gasteiger partial charge on any atom is -0.385 e. The monoisotopic (exact) mass is 332 g/mol. The zero-order valence-corrected chi connectivity index (χ0v) is 14.2. The van der Waals surface area contributed by atoms with E-state index in [0.29, 0.717) is 0 Å². The van der Waals surface area contributed by atoms with Crippen LogP contribution in [0.4, 0.5) is 10.1 Å². The summed E-state index contributed by atoms with van der Waals surface area (Å²) >= 11 is 1.57. The van der Waals surface area contributed by atoms with Gasteiger partial charge in [-0.05, 0) is 54.2 Å². The first-order valence-electron chi connectivity index (χ1n) is 7.73. The molecule has 3 rings (SSSR count). The van der Waals surface area contributed by atoms with Crippen molar-refractivity contribution in [2.24, 2.45) is 0 Å². The van der Waals surface area contributed by atoms with Gasteiger partial charge in [0.2, 0.25) is 0 Å². The molecule has 1 atom stereocenters. The summed E-state index contributed by atoms with van der Waals surface area (Å²) in [6.07, 6.45) is 0.939. The number of benzene rings is 2. The minimum atomic E-state index is -0.200. The Morgan fingerprint density at radius 1 is 1.22 bits per heavy atom. The highest BCUT2D eigenvalue weighted by Gasteiger charge is 2.26. The second-order valence-corrected chi connectivity index (χ2v) is 6.73. The van der Waals surface area contributed by atoms with Crippen molar-refractivity contribution in [1.29, 1.82) is 0 Å². The van der Waals surface area contributed by atoms with Gasteiger partial charge in [-0.1, -0.05) is 24.3 Å². The van der Waals surface area contributed by atoms with Crippen LogP contribution in [0, 0.1) is 5.82 Å². The number of methoxy groups -OCH3 is 1. The van der Waals surface area contributed by atoms with Crippen LogP contribution in [-0.2, 0) is 4.74 Å². The first-order valence-corrected chi connectivity index (χ1v) is 8.50. The van der Waals surface area contributed by atoms with Crippen LogP contribution in [-0.4, -0.2) is 27.3 Å². The second-order valence-electron chi connectivity index (χ2n) is 5.56. The van der Waals surface area contributed by atoms with Crippen molar-refractivity contribution in [3.8, 4) is 0 Å². The third kappa shape index (κ3) is 3.52. The molecule has 0 saturated heterocycles. The lowest BCUT2D eigenvalue weighted by Gasteiger charge is -2.22. The van der Waals surface area contributed by atoms with E-state index in [4.69, 9.17) is 4.74 Å². The van der Waals surface area contributed by atoms with E-state index in [1.807, 2.05) is 19.2 Å². The van der Waals surface area contributed by atoms with Crippen molar-refractivity contribution in [1.82, 2.24) is 5.32 Å². The fraction of sp³-hybridized carbons (Fsp3) is 0.333. The van der Waals surface area contributed by atoms with Gasteiger partial charge in [0.15, 0.2) is 0 Å². The highest BCUT2D eigenvalue weighted by Crippen LogP contribution is 2.42. The van der Waals surface area contributed by atoms with Crippen LogP contribution in [0.2, 0.25) is 0 Å². The van der Waals surface area contributed by atoms with Crippen molar-refractivity contribution >= 4 is 17.6 Å². The highest BCUT2D eigenvalue weighted by atomic mass is 32.2. The van der Waals surface area contributed by atoms with Crippen LogP contribution >= 0.6 is 11.9 Å². The molecule has 0 bridgehead atoms. The summed E-state index contributed by atoms with van der Waals surface area (Å²) in [7, 11) is 3.73. The predicted octanol–water partition coefficient (Wildman–Crippen LogP) is 4.00. The number of nitrogens with zero attached hydrogens (tertiary/aromatic N) is 1. The molecule has 1 N–H and O–H groups in total. The molecule has 5 heteroatoms. The van der Waals surface area contributed by atoms with Crippen LogP contribution in [0.1, 0.15) is 23.6 Å². The van der Waals surface area contributed by atoms with Crippen LogP contribution in [0.15, 0.2) is 47.4 Å². The molecule has 0 aromatic heterocycles. The zero-order valence-electron chi connectivity index (χ0n) is 13.4. The lowest BCUT2D eigenvalue weighted by molar-refractivity contribution is 0.193. The fourth-order valence-corrected chi connectivity index (χ4v) is 3.91. The van der Waals surface area contributed by atoms with Crippen LogP contribution in [0.5, 0.6) is 0 Å². The van der Waals surface area contributed by atoms with Crippen molar-refractivity contribution in [2.45, 2.75) is 17.4 Å². The summed E-state index contributed by atoms with van der Waals surface area (Å²) in [4.78, 5) is 0.952. The van der Waals surface area contributed by atoms with Crippen molar-refractivity contribution in [3.63, 3.8) is 0 Å². The van der Waals surface area contributed by atoms with Gasteiger partial charge in [0, 0.05) is 25.7 Å². The van der Waals surface area contributed by atoms with Crippen molar-refractivity contribution < 1.29 is 9.13 Å². The maximum atomic E-state index is 13.7. The van der Waals surface area contributed by atoms with Gasteiger partial charge in [-0.2, -0.15) is 0 Å². The Morgan fingerprint density at radius 2 is 2.04 bits per heavy atom. The van der Waals surface area contributed by atoms with Gasteiger partial charge in [-0.3, -0.25) is 0 Å². The van der Waals surface area contributed by atoms with E-state index >= 15 is 0 Å². The molecule has 1 heterocycles. The Balaban J connectivity index is 1.99. The topological polar surface area (TPSA) is 24.5 Å². The van der Waals surface area contributed by atoms with Crippen molar-refractivity contribution in [2.75, 3.05) is 31.6 Å². The first kappa shape index (κ1) is 16.3. The molecule has 0 spiro atoms. The number of halogens is 1. The van der Waals surface area contributed by atoms with E-state index in [2.05, 4.69) is 27.8 Å². The summed E-state index contributed by atoms with van der Waals surface area (Å²) < 4.78 is 20.9. The Bertz CT molecular complexity index is 680. The molecule has 0 radical (unpaired) electrons. The predicted molar refractivity (Wildman–Crippen MR) is 93.4 cm³/mol. The quantitative estimate of drug-likeness (QED) is 0.661. The minimum absolute atomic E-state index is 0.0520. The SMILES string of the molecule is COCCCNC1c2ccc(F)cc2SN(C)c2ccccc21. The van der Waals surface area contributed by atoms with Crippen LogP contribution in [0.3, 0.4) is 0 Å². The van der Waals surface area contributed by atoms with Crippen molar-refractivity contribution in [3.05, 3.63) is 59.4 Å². The second kappa shape index (κ2) is 7.34. The van der Waals surface area contributed by atoms with E-state index in [9.17, 15) is 4.39 Å². The Labute approximate surface area is 141 Å². The third-order valence-electron chi connectivity index (χ3n) is 3.98. The molecular weight excluding hydrogens is 311 g/mol. The van der Waals surface area contributed by atoms with E-state index < -0.39 is 0 Å². The summed E-state index contributed by atoms with van der Waals surface area (Å²) in [6, 6.07) is 13.4. The molecule has 2 aromatic rings. The number of anilines is 1. The average Bonchev–Trinajstić information content (AvgIpc) is 2.66. The normalized spacial score (nSPS) is 16.7. The smallest absolute Gasteiger partial charge is 0.124 e. The highest BCUT2D eigenvalue weighted by molar-refractivity contribution is 8.00. The summed E-state index contributed by atoms with van der Waals surface area (Å²) in [5.41, 5.74) is 3.48. The molecular formula is C18H21FN2OS. The lowest BCUT2D eigenvalue weighted by atomic mass is 9.96. The maximum absolute atomic E-state index is 13.7. The number of hydrogen-bond acceptors (Lipinski definition) is 4. The van der Waals surface area contributed by atoms with Crippen LogP contribution < -0.4 is 9.62 Å². The Hall–Kier alpha value is -1.56. The van der Waals surface area contributed by atoms with Gasteiger partial charge in [0.25, 0.3) is 0 Å². The van der Waals surface area contributed by atoms with Gasteiger partial charge in [0.1, 0.15) is 5.82 Å². The van der Waals surface area contributed by atoms with E-state index in [1.54, 1.807) is 25.1 Å². The number of ether oxygens (including phenoxy) is 1.